The van der Waals surface area contributed by atoms with E-state index in [-0.39, 0.29) is 0 Å². The Morgan fingerprint density at radius 1 is 0.786 bits per heavy atom. The molecule has 1 N–H and O–H groups in total. The van der Waals surface area contributed by atoms with Crippen LogP contribution in [0.15, 0.2) is 73.1 Å². The van der Waals surface area contributed by atoms with E-state index in [0.29, 0.717) is 17.1 Å². The first-order valence-corrected chi connectivity index (χ1v) is 8.66. The molecule has 0 radical (unpaired) electrons. The van der Waals surface area contributed by atoms with E-state index in [2.05, 4.69) is 15.0 Å². The number of H-pyrrole nitrogens is 1. The highest BCUT2D eigenvalue weighted by atomic mass is 19.4. The van der Waals surface area contributed by atoms with Gasteiger partial charge in [0.25, 0.3) is 0 Å². The third kappa shape index (κ3) is 3.67. The molecule has 0 fully saturated rings. The van der Waals surface area contributed by atoms with Gasteiger partial charge in [0, 0.05) is 22.9 Å². The van der Waals surface area contributed by atoms with Crippen LogP contribution in [0, 0.1) is 6.92 Å². The van der Waals surface area contributed by atoms with Crippen LogP contribution in [0.3, 0.4) is 0 Å². The molecule has 0 unspecified atom stereocenters. The van der Waals surface area contributed by atoms with E-state index in [4.69, 9.17) is 0 Å². The second-order valence-corrected chi connectivity index (χ2v) is 6.52. The molecule has 2 heterocycles. The van der Waals surface area contributed by atoms with Crippen molar-refractivity contribution in [3.8, 4) is 33.9 Å². The van der Waals surface area contributed by atoms with E-state index in [0.717, 1.165) is 29.0 Å². The summed E-state index contributed by atoms with van der Waals surface area (Å²) in [5, 5.41) is 0. The number of aryl methyl sites for hydroxylation is 1. The summed E-state index contributed by atoms with van der Waals surface area (Å²) in [6.45, 7) is 2.03. The van der Waals surface area contributed by atoms with Gasteiger partial charge < -0.3 is 4.98 Å². The molecule has 0 atom stereocenters. The van der Waals surface area contributed by atoms with Crippen LogP contribution >= 0.6 is 0 Å². The van der Waals surface area contributed by atoms with Crippen molar-refractivity contribution in [2.45, 2.75) is 13.1 Å². The number of imidazole rings is 1. The van der Waals surface area contributed by atoms with Crippen molar-refractivity contribution in [3.63, 3.8) is 0 Å². The molecule has 4 rings (SSSR count). The van der Waals surface area contributed by atoms with E-state index in [1.54, 1.807) is 12.3 Å². The minimum atomic E-state index is -4.38. The fraction of sp³-hybridized carbons (Fsp3) is 0.0909. The third-order valence-electron chi connectivity index (χ3n) is 4.46. The molecule has 0 spiro atoms. The topological polar surface area (TPSA) is 41.6 Å². The van der Waals surface area contributed by atoms with Gasteiger partial charge in [-0.25, -0.2) is 4.98 Å². The zero-order valence-electron chi connectivity index (χ0n) is 15.0. The summed E-state index contributed by atoms with van der Waals surface area (Å²) in [5.74, 6) is 0.551. The number of rotatable bonds is 3. The minimum Gasteiger partial charge on any atom is -0.338 e. The van der Waals surface area contributed by atoms with Gasteiger partial charge in [-0.15, -0.1) is 0 Å². The Balaban J connectivity index is 1.60. The number of aromatic amines is 1. The molecule has 4 aromatic rings. The Bertz CT molecular complexity index is 1100. The van der Waals surface area contributed by atoms with Gasteiger partial charge >= 0.3 is 6.18 Å². The predicted octanol–water partition coefficient (Wildman–Crippen LogP) is 6.13. The summed E-state index contributed by atoms with van der Waals surface area (Å²) >= 11 is 0. The Morgan fingerprint density at radius 3 is 2.21 bits per heavy atom. The smallest absolute Gasteiger partial charge is 0.338 e. The van der Waals surface area contributed by atoms with Crippen molar-refractivity contribution < 1.29 is 13.2 Å². The number of benzene rings is 2. The zero-order chi connectivity index (χ0) is 19.7. The maximum atomic E-state index is 12.9. The number of hydrogen-bond acceptors (Lipinski definition) is 2. The fourth-order valence-corrected chi connectivity index (χ4v) is 2.91. The van der Waals surface area contributed by atoms with Crippen molar-refractivity contribution in [2.75, 3.05) is 0 Å². The average Bonchev–Trinajstić information content (AvgIpc) is 3.18. The summed E-state index contributed by atoms with van der Waals surface area (Å²) < 4.78 is 38.8. The van der Waals surface area contributed by atoms with Crippen molar-refractivity contribution in [3.05, 3.63) is 84.2 Å². The lowest BCUT2D eigenvalue weighted by molar-refractivity contribution is -0.137. The van der Waals surface area contributed by atoms with Crippen LogP contribution in [-0.2, 0) is 6.18 Å². The van der Waals surface area contributed by atoms with Crippen molar-refractivity contribution in [1.82, 2.24) is 15.0 Å². The van der Waals surface area contributed by atoms with Crippen LogP contribution in [0.25, 0.3) is 33.9 Å². The van der Waals surface area contributed by atoms with Gasteiger partial charge in [-0.1, -0.05) is 42.0 Å². The van der Waals surface area contributed by atoms with Gasteiger partial charge in [0.2, 0.25) is 0 Å². The molecule has 0 aliphatic carbocycles. The van der Waals surface area contributed by atoms with Crippen LogP contribution in [0.5, 0.6) is 0 Å². The highest BCUT2D eigenvalue weighted by molar-refractivity contribution is 5.67. The van der Waals surface area contributed by atoms with E-state index < -0.39 is 11.7 Å². The van der Waals surface area contributed by atoms with E-state index in [9.17, 15) is 13.2 Å². The molecule has 0 saturated heterocycles. The zero-order valence-corrected chi connectivity index (χ0v) is 15.0. The van der Waals surface area contributed by atoms with E-state index in [1.807, 2.05) is 43.3 Å². The largest absolute Gasteiger partial charge is 0.416 e. The first-order valence-electron chi connectivity index (χ1n) is 8.66. The molecule has 3 nitrogen and oxygen atoms in total. The Hall–Kier alpha value is -3.41. The summed E-state index contributed by atoms with van der Waals surface area (Å²) in [7, 11) is 0. The van der Waals surface area contributed by atoms with Crippen LogP contribution in [-0.4, -0.2) is 15.0 Å². The number of pyridine rings is 1. The summed E-state index contributed by atoms with van der Waals surface area (Å²) in [6.07, 6.45) is -1.16. The van der Waals surface area contributed by atoms with Gasteiger partial charge in [-0.3, -0.25) is 4.98 Å². The monoisotopic (exact) mass is 379 g/mol. The molecule has 2 aromatic heterocycles. The molecule has 28 heavy (non-hydrogen) atoms. The van der Waals surface area contributed by atoms with Crippen molar-refractivity contribution >= 4 is 0 Å². The molecule has 0 aliphatic heterocycles. The van der Waals surface area contributed by atoms with Crippen LogP contribution < -0.4 is 0 Å². The molecule has 0 amide bonds. The molecular weight excluding hydrogens is 363 g/mol. The number of halogens is 3. The van der Waals surface area contributed by atoms with Crippen molar-refractivity contribution in [2.24, 2.45) is 0 Å². The van der Waals surface area contributed by atoms with Gasteiger partial charge in [0.15, 0.2) is 0 Å². The van der Waals surface area contributed by atoms with Crippen molar-refractivity contribution in [1.29, 1.82) is 0 Å². The second-order valence-electron chi connectivity index (χ2n) is 6.52. The number of nitrogens with zero attached hydrogens (tertiary/aromatic N) is 2. The first-order chi connectivity index (χ1) is 13.4. The Labute approximate surface area is 159 Å². The minimum absolute atomic E-state index is 0.429. The van der Waals surface area contributed by atoms with Crippen LogP contribution in [0.2, 0.25) is 0 Å². The predicted molar refractivity (Wildman–Crippen MR) is 102 cm³/mol. The quantitative estimate of drug-likeness (QED) is 0.465. The van der Waals surface area contributed by atoms with Gasteiger partial charge in [0.05, 0.1) is 23.1 Å². The second kappa shape index (κ2) is 6.96. The SMILES string of the molecule is Cc1ccc(-c2ccc(-c3ncc(-c4cccc(C(F)(F)F)c4)[nH]3)cn2)cc1. The lowest BCUT2D eigenvalue weighted by atomic mass is 10.1. The third-order valence-corrected chi connectivity index (χ3v) is 4.46. The van der Waals surface area contributed by atoms with Crippen LogP contribution in [0.1, 0.15) is 11.1 Å². The van der Waals surface area contributed by atoms with Gasteiger partial charge in [-0.2, -0.15) is 13.2 Å². The standard InChI is InChI=1S/C22H16F3N3/c1-14-5-7-15(8-6-14)19-10-9-17(12-26-19)21-27-13-20(28-21)16-3-2-4-18(11-16)22(23,24)25/h2-13H,1H3,(H,27,28). The van der Waals surface area contributed by atoms with E-state index in [1.165, 1.54) is 17.8 Å². The highest BCUT2D eigenvalue weighted by Gasteiger charge is 2.30. The molecule has 0 bridgehead atoms. The molecule has 6 heteroatoms. The lowest BCUT2D eigenvalue weighted by Crippen LogP contribution is -2.04. The molecule has 140 valence electrons. The highest BCUT2D eigenvalue weighted by Crippen LogP contribution is 2.32. The van der Waals surface area contributed by atoms with Gasteiger partial charge in [0.1, 0.15) is 5.82 Å². The van der Waals surface area contributed by atoms with E-state index >= 15 is 0 Å². The molecule has 0 aliphatic rings. The average molecular weight is 379 g/mol. The summed E-state index contributed by atoms with van der Waals surface area (Å²) in [5.41, 5.74) is 4.05. The molecule has 2 aromatic carbocycles. The number of alkyl halides is 3. The maximum absolute atomic E-state index is 12.9. The summed E-state index contributed by atoms with van der Waals surface area (Å²) in [4.78, 5) is 11.8. The molecule has 0 saturated carbocycles. The summed E-state index contributed by atoms with van der Waals surface area (Å²) in [6, 6.07) is 17.0. The number of nitrogens with one attached hydrogen (secondary N) is 1. The number of hydrogen-bond donors (Lipinski definition) is 1. The Kier molecular flexibility index (Phi) is 4.47. The molecular formula is C22H16F3N3. The normalized spacial score (nSPS) is 11.6. The first kappa shape index (κ1) is 18.0. The fourth-order valence-electron chi connectivity index (χ4n) is 2.91. The van der Waals surface area contributed by atoms with Crippen LogP contribution in [0.4, 0.5) is 13.2 Å². The lowest BCUT2D eigenvalue weighted by Gasteiger charge is -2.07. The number of aromatic nitrogens is 3. The van der Waals surface area contributed by atoms with Gasteiger partial charge in [-0.05, 0) is 31.2 Å². The Morgan fingerprint density at radius 2 is 1.54 bits per heavy atom. The maximum Gasteiger partial charge on any atom is 0.416 e.